The predicted molar refractivity (Wildman–Crippen MR) is 93.1 cm³/mol. The third-order valence-electron chi connectivity index (χ3n) is 3.41. The Labute approximate surface area is 141 Å². The first-order chi connectivity index (χ1) is 11.0. The molecule has 0 fully saturated rings. The molecule has 0 bridgehead atoms. The van der Waals surface area contributed by atoms with Gasteiger partial charge in [0.2, 0.25) is 0 Å². The van der Waals surface area contributed by atoms with Crippen LogP contribution in [0.3, 0.4) is 0 Å². The molecule has 0 saturated heterocycles. The van der Waals surface area contributed by atoms with E-state index in [4.69, 9.17) is 4.74 Å². The van der Waals surface area contributed by atoms with Crippen molar-refractivity contribution in [2.75, 3.05) is 7.11 Å². The van der Waals surface area contributed by atoms with Crippen LogP contribution in [0.25, 0.3) is 0 Å². The van der Waals surface area contributed by atoms with Gasteiger partial charge in [-0.25, -0.2) is 9.78 Å². The van der Waals surface area contributed by atoms with Crippen molar-refractivity contribution in [1.82, 2.24) is 15.6 Å². The van der Waals surface area contributed by atoms with Crippen LogP contribution in [0.1, 0.15) is 36.2 Å². The average Bonchev–Trinajstić information content (AvgIpc) is 2.93. The lowest BCUT2D eigenvalue weighted by atomic mass is 10.1. The second-order valence-corrected chi connectivity index (χ2v) is 6.51. The number of amides is 2. The Balaban J connectivity index is 1.84. The predicted octanol–water partition coefficient (Wildman–Crippen LogP) is 3.45. The molecular formula is C17H23N3O2S. The maximum Gasteiger partial charge on any atom is 0.315 e. The van der Waals surface area contributed by atoms with Crippen molar-refractivity contribution in [2.24, 2.45) is 0 Å². The molecule has 2 unspecified atom stereocenters. The summed E-state index contributed by atoms with van der Waals surface area (Å²) < 4.78 is 5.22. The lowest BCUT2D eigenvalue weighted by Crippen LogP contribution is -2.42. The number of hydrogen-bond donors (Lipinski definition) is 2. The van der Waals surface area contributed by atoms with Crippen LogP contribution in [-0.4, -0.2) is 24.2 Å². The first kappa shape index (κ1) is 17.3. The average molecular weight is 333 g/mol. The summed E-state index contributed by atoms with van der Waals surface area (Å²) in [4.78, 5) is 16.5. The van der Waals surface area contributed by atoms with Gasteiger partial charge in [-0.05, 0) is 44.9 Å². The van der Waals surface area contributed by atoms with Crippen molar-refractivity contribution >= 4 is 17.4 Å². The van der Waals surface area contributed by atoms with Crippen molar-refractivity contribution in [3.05, 3.63) is 45.9 Å². The van der Waals surface area contributed by atoms with Gasteiger partial charge in [0.05, 0.1) is 13.2 Å². The quantitative estimate of drug-likeness (QED) is 0.851. The zero-order chi connectivity index (χ0) is 16.8. The minimum absolute atomic E-state index is 0.0207. The van der Waals surface area contributed by atoms with E-state index in [-0.39, 0.29) is 18.1 Å². The van der Waals surface area contributed by atoms with Crippen LogP contribution < -0.4 is 15.4 Å². The monoisotopic (exact) mass is 333 g/mol. The van der Waals surface area contributed by atoms with Crippen molar-refractivity contribution in [1.29, 1.82) is 0 Å². The molecule has 6 heteroatoms. The number of ether oxygens (including phenoxy) is 1. The Morgan fingerprint density at radius 3 is 2.78 bits per heavy atom. The van der Waals surface area contributed by atoms with Crippen LogP contribution in [0.2, 0.25) is 0 Å². The molecule has 0 aliphatic carbocycles. The Bertz CT molecular complexity index is 657. The van der Waals surface area contributed by atoms with Gasteiger partial charge < -0.3 is 15.4 Å². The van der Waals surface area contributed by atoms with Crippen molar-refractivity contribution in [3.8, 4) is 5.75 Å². The number of aromatic nitrogens is 1. The number of hydrogen-bond acceptors (Lipinski definition) is 4. The van der Waals surface area contributed by atoms with Crippen LogP contribution in [-0.2, 0) is 6.42 Å². The van der Waals surface area contributed by atoms with E-state index in [0.717, 1.165) is 28.4 Å². The molecule has 2 N–H and O–H groups in total. The molecule has 1 aromatic heterocycles. The fraction of sp³-hybridized carbons (Fsp3) is 0.412. The van der Waals surface area contributed by atoms with Crippen LogP contribution >= 0.6 is 11.3 Å². The van der Waals surface area contributed by atoms with Gasteiger partial charge >= 0.3 is 6.03 Å². The van der Waals surface area contributed by atoms with Gasteiger partial charge in [0.15, 0.2) is 0 Å². The summed E-state index contributed by atoms with van der Waals surface area (Å²) in [7, 11) is 1.65. The van der Waals surface area contributed by atoms with Gasteiger partial charge in [-0.1, -0.05) is 12.1 Å². The van der Waals surface area contributed by atoms with Gasteiger partial charge in [0.25, 0.3) is 0 Å². The molecule has 1 heterocycles. The Morgan fingerprint density at radius 1 is 1.35 bits per heavy atom. The molecule has 2 rings (SSSR count). The molecule has 0 aliphatic heterocycles. The largest absolute Gasteiger partial charge is 0.497 e. The first-order valence-corrected chi connectivity index (χ1v) is 8.48. The minimum Gasteiger partial charge on any atom is -0.497 e. The van der Waals surface area contributed by atoms with E-state index in [1.165, 1.54) is 0 Å². The molecule has 2 aromatic rings. The molecule has 2 amide bonds. The second kappa shape index (κ2) is 7.97. The number of nitrogens with one attached hydrogen (secondary N) is 2. The van der Waals surface area contributed by atoms with E-state index in [0.29, 0.717) is 0 Å². The standard InChI is InChI=1S/C17H23N3O2S/c1-11(8-14-6-5-7-15(9-14)22-4)19-17(21)20-13(3)16-18-12(2)10-23-16/h5-7,9-11,13H,8H2,1-4H3,(H2,19,20,21). The van der Waals surface area contributed by atoms with E-state index >= 15 is 0 Å². The number of rotatable bonds is 6. The second-order valence-electron chi connectivity index (χ2n) is 5.62. The topological polar surface area (TPSA) is 63.2 Å². The summed E-state index contributed by atoms with van der Waals surface area (Å²) >= 11 is 1.56. The normalized spacial score (nSPS) is 13.2. The number of methoxy groups -OCH3 is 1. The van der Waals surface area contributed by atoms with Crippen LogP contribution in [0, 0.1) is 6.92 Å². The van der Waals surface area contributed by atoms with Gasteiger partial charge in [-0.3, -0.25) is 0 Å². The Morgan fingerprint density at radius 2 is 2.13 bits per heavy atom. The fourth-order valence-electron chi connectivity index (χ4n) is 2.30. The molecular weight excluding hydrogens is 310 g/mol. The number of aryl methyl sites for hydroxylation is 1. The highest BCUT2D eigenvalue weighted by Crippen LogP contribution is 2.17. The van der Waals surface area contributed by atoms with Crippen LogP contribution in [0.15, 0.2) is 29.6 Å². The summed E-state index contributed by atoms with van der Waals surface area (Å²) in [5, 5.41) is 8.78. The number of thiazole rings is 1. The molecule has 1 aromatic carbocycles. The van der Waals surface area contributed by atoms with Crippen molar-refractivity contribution < 1.29 is 9.53 Å². The number of benzene rings is 1. The number of carbonyl (C=O) groups is 1. The zero-order valence-electron chi connectivity index (χ0n) is 13.9. The molecule has 124 valence electrons. The molecule has 23 heavy (non-hydrogen) atoms. The highest BCUT2D eigenvalue weighted by Gasteiger charge is 2.14. The molecule has 0 spiro atoms. The third-order valence-corrected chi connectivity index (χ3v) is 4.55. The number of carbonyl (C=O) groups excluding carboxylic acids is 1. The van der Waals surface area contributed by atoms with Crippen molar-refractivity contribution in [3.63, 3.8) is 0 Å². The summed E-state index contributed by atoms with van der Waals surface area (Å²) in [5.74, 6) is 0.826. The molecule has 0 radical (unpaired) electrons. The minimum atomic E-state index is -0.180. The maximum absolute atomic E-state index is 12.1. The molecule has 5 nitrogen and oxygen atoms in total. The number of nitrogens with zero attached hydrogens (tertiary/aromatic N) is 1. The van der Waals surface area contributed by atoms with Crippen LogP contribution in [0.4, 0.5) is 4.79 Å². The maximum atomic E-state index is 12.1. The van der Waals surface area contributed by atoms with E-state index < -0.39 is 0 Å². The van der Waals surface area contributed by atoms with Gasteiger partial charge in [-0.2, -0.15) is 0 Å². The SMILES string of the molecule is COc1cccc(CC(C)NC(=O)NC(C)c2nc(C)cs2)c1. The summed E-state index contributed by atoms with van der Waals surface area (Å²) in [6.45, 7) is 5.87. The summed E-state index contributed by atoms with van der Waals surface area (Å²) in [6.07, 6.45) is 0.745. The lowest BCUT2D eigenvalue weighted by Gasteiger charge is -2.17. The van der Waals surface area contributed by atoms with E-state index in [2.05, 4.69) is 15.6 Å². The molecule has 0 saturated carbocycles. The van der Waals surface area contributed by atoms with E-state index in [1.54, 1.807) is 18.4 Å². The zero-order valence-corrected chi connectivity index (χ0v) is 14.7. The smallest absolute Gasteiger partial charge is 0.315 e. The highest BCUT2D eigenvalue weighted by molar-refractivity contribution is 7.09. The van der Waals surface area contributed by atoms with Gasteiger partial charge in [0, 0.05) is 17.1 Å². The van der Waals surface area contributed by atoms with E-state index in [1.807, 2.05) is 50.4 Å². The first-order valence-electron chi connectivity index (χ1n) is 7.60. The Hall–Kier alpha value is -2.08. The summed E-state index contributed by atoms with van der Waals surface area (Å²) in [5.41, 5.74) is 2.10. The van der Waals surface area contributed by atoms with Gasteiger partial charge in [0.1, 0.15) is 10.8 Å². The van der Waals surface area contributed by atoms with Gasteiger partial charge in [-0.15, -0.1) is 11.3 Å². The van der Waals surface area contributed by atoms with E-state index in [9.17, 15) is 4.79 Å². The van der Waals surface area contributed by atoms with Crippen molar-refractivity contribution in [2.45, 2.75) is 39.3 Å². The molecule has 0 aliphatic rings. The number of urea groups is 1. The third kappa shape index (κ3) is 5.25. The summed E-state index contributed by atoms with van der Waals surface area (Å²) in [6, 6.07) is 7.61. The molecule has 2 atom stereocenters. The Kier molecular flexibility index (Phi) is 5.98. The highest BCUT2D eigenvalue weighted by atomic mass is 32.1. The lowest BCUT2D eigenvalue weighted by molar-refractivity contribution is 0.234. The van der Waals surface area contributed by atoms with Crippen LogP contribution in [0.5, 0.6) is 5.75 Å². The fourth-order valence-corrected chi connectivity index (χ4v) is 3.10.